The van der Waals surface area contributed by atoms with Gasteiger partial charge in [0.15, 0.2) is 0 Å². The van der Waals surface area contributed by atoms with Gasteiger partial charge in [-0.25, -0.2) is 0 Å². The summed E-state index contributed by atoms with van der Waals surface area (Å²) in [5.74, 6) is 1.82. The van der Waals surface area contributed by atoms with Crippen LogP contribution in [0.3, 0.4) is 0 Å². The van der Waals surface area contributed by atoms with Gasteiger partial charge in [-0.1, -0.05) is 6.58 Å². The summed E-state index contributed by atoms with van der Waals surface area (Å²) in [5.41, 5.74) is 1.32. The zero-order valence-corrected chi connectivity index (χ0v) is 16.6. The van der Waals surface area contributed by atoms with Crippen molar-refractivity contribution in [1.29, 1.82) is 0 Å². The van der Waals surface area contributed by atoms with Crippen molar-refractivity contribution in [2.24, 2.45) is 11.8 Å². The minimum absolute atomic E-state index is 0.253. The number of hydrogen-bond donors (Lipinski definition) is 4. The molecule has 0 aliphatic heterocycles. The van der Waals surface area contributed by atoms with Crippen LogP contribution in [0.1, 0.15) is 59.8 Å². The summed E-state index contributed by atoms with van der Waals surface area (Å²) in [6.45, 7) is 19.5. The second-order valence-corrected chi connectivity index (χ2v) is 8.46. The van der Waals surface area contributed by atoms with Crippen LogP contribution in [-0.4, -0.2) is 44.8 Å². The number of allylic oxidation sites excluding steroid dienone is 1. The Labute approximate surface area is 150 Å². The monoisotopic (exact) mass is 338 g/mol. The lowest BCUT2D eigenvalue weighted by molar-refractivity contribution is 0.416. The van der Waals surface area contributed by atoms with E-state index in [1.807, 2.05) is 6.92 Å². The summed E-state index contributed by atoms with van der Waals surface area (Å²) < 4.78 is 0. The van der Waals surface area contributed by atoms with Crippen LogP contribution < -0.4 is 21.3 Å². The summed E-state index contributed by atoms with van der Waals surface area (Å²) in [5, 5.41) is 14.1. The third-order valence-corrected chi connectivity index (χ3v) is 4.52. The predicted molar refractivity (Wildman–Crippen MR) is 106 cm³/mol. The highest BCUT2D eigenvalue weighted by Gasteiger charge is 2.35. The molecule has 0 aromatic rings. The van der Waals surface area contributed by atoms with E-state index in [-0.39, 0.29) is 5.54 Å². The van der Waals surface area contributed by atoms with Crippen LogP contribution in [0.25, 0.3) is 0 Å². The van der Waals surface area contributed by atoms with Gasteiger partial charge in [0.25, 0.3) is 0 Å². The van der Waals surface area contributed by atoms with Crippen molar-refractivity contribution in [3.05, 3.63) is 12.3 Å². The van der Waals surface area contributed by atoms with Crippen LogP contribution in [0.15, 0.2) is 12.3 Å². The molecule has 0 saturated heterocycles. The van der Waals surface area contributed by atoms with Gasteiger partial charge in [0, 0.05) is 17.8 Å². The van der Waals surface area contributed by atoms with E-state index in [4.69, 9.17) is 0 Å². The van der Waals surface area contributed by atoms with Gasteiger partial charge in [0.2, 0.25) is 0 Å². The summed E-state index contributed by atoms with van der Waals surface area (Å²) in [4.78, 5) is 0. The van der Waals surface area contributed by atoms with Gasteiger partial charge in [-0.05, 0) is 104 Å². The molecule has 24 heavy (non-hydrogen) atoms. The predicted octanol–water partition coefficient (Wildman–Crippen LogP) is 2.87. The first-order valence-corrected chi connectivity index (χ1v) is 9.94. The molecule has 1 aliphatic rings. The molecule has 142 valence electrons. The number of nitrogens with one attached hydrogen (secondary N) is 4. The Morgan fingerprint density at radius 3 is 1.88 bits per heavy atom. The molecule has 0 radical (unpaired) electrons. The van der Waals surface area contributed by atoms with Crippen molar-refractivity contribution >= 4 is 0 Å². The molecule has 0 heterocycles. The van der Waals surface area contributed by atoms with E-state index in [1.54, 1.807) is 0 Å². The summed E-state index contributed by atoms with van der Waals surface area (Å²) in [6.07, 6.45) is 6.41. The third-order valence-electron chi connectivity index (χ3n) is 4.52. The topological polar surface area (TPSA) is 48.1 Å². The van der Waals surface area contributed by atoms with Crippen LogP contribution in [0.5, 0.6) is 0 Å². The van der Waals surface area contributed by atoms with Crippen LogP contribution in [0, 0.1) is 11.8 Å². The van der Waals surface area contributed by atoms with Crippen molar-refractivity contribution < 1.29 is 0 Å². The first-order valence-electron chi connectivity index (χ1n) is 9.94. The number of hydrogen-bond acceptors (Lipinski definition) is 4. The lowest BCUT2D eigenvalue weighted by Crippen LogP contribution is -2.36. The minimum atomic E-state index is 0.253. The van der Waals surface area contributed by atoms with E-state index in [0.717, 1.165) is 43.7 Å². The molecule has 0 bridgehead atoms. The normalized spacial score (nSPS) is 20.2. The molecule has 0 spiro atoms. The van der Waals surface area contributed by atoms with Crippen molar-refractivity contribution in [1.82, 2.24) is 21.3 Å². The highest BCUT2D eigenvalue weighted by Crippen LogP contribution is 2.36. The van der Waals surface area contributed by atoms with E-state index >= 15 is 0 Å². The summed E-state index contributed by atoms with van der Waals surface area (Å²) in [6, 6.07) is 0. The molecule has 1 rings (SSSR count). The maximum absolute atomic E-state index is 3.85. The number of unbranched alkanes of at least 4 members (excludes halogenated alkanes) is 2. The highest BCUT2D eigenvalue weighted by atomic mass is 14.9. The fourth-order valence-electron chi connectivity index (χ4n) is 2.90. The smallest absolute Gasteiger partial charge is 0.0144 e. The SMILES string of the molecule is C=C(C)NCCCCNCC1CC1CNCCCCNC(C)(C)C. The first kappa shape index (κ1) is 21.5. The fourth-order valence-corrected chi connectivity index (χ4v) is 2.90. The Bertz CT molecular complexity index is 335. The molecule has 1 fully saturated rings. The van der Waals surface area contributed by atoms with Crippen LogP contribution >= 0.6 is 0 Å². The molecular formula is C20H42N4. The van der Waals surface area contributed by atoms with Crippen molar-refractivity contribution in [3.63, 3.8) is 0 Å². The highest BCUT2D eigenvalue weighted by molar-refractivity contribution is 4.89. The molecule has 0 aromatic carbocycles. The van der Waals surface area contributed by atoms with Gasteiger partial charge < -0.3 is 21.3 Å². The molecule has 1 aliphatic carbocycles. The average Bonchev–Trinajstić information content (AvgIpc) is 3.22. The molecule has 2 unspecified atom stereocenters. The van der Waals surface area contributed by atoms with Gasteiger partial charge in [-0.15, -0.1) is 0 Å². The maximum Gasteiger partial charge on any atom is 0.0144 e. The zero-order chi connectivity index (χ0) is 17.8. The van der Waals surface area contributed by atoms with Crippen molar-refractivity contribution in [2.45, 2.75) is 65.3 Å². The Morgan fingerprint density at radius 2 is 1.38 bits per heavy atom. The molecule has 0 aromatic heterocycles. The van der Waals surface area contributed by atoms with E-state index in [0.29, 0.717) is 0 Å². The zero-order valence-electron chi connectivity index (χ0n) is 16.6. The van der Waals surface area contributed by atoms with Crippen LogP contribution in [-0.2, 0) is 0 Å². The van der Waals surface area contributed by atoms with Crippen LogP contribution in [0.4, 0.5) is 0 Å². The molecule has 4 N–H and O–H groups in total. The van der Waals surface area contributed by atoms with Gasteiger partial charge in [-0.3, -0.25) is 0 Å². The molecule has 2 atom stereocenters. The standard InChI is InChI=1S/C20H42N4/c1-17(2)23-12-8-6-10-21-15-18-14-19(18)16-22-11-7-9-13-24-20(3,4)5/h18-19,21-24H,1,6-16H2,2-5H3. The van der Waals surface area contributed by atoms with Crippen molar-refractivity contribution in [3.8, 4) is 0 Å². The van der Waals surface area contributed by atoms with E-state index in [2.05, 4.69) is 48.6 Å². The Hall–Kier alpha value is -0.580. The maximum atomic E-state index is 3.85. The largest absolute Gasteiger partial charge is 0.389 e. The van der Waals surface area contributed by atoms with Gasteiger partial charge >= 0.3 is 0 Å². The Morgan fingerprint density at radius 1 is 0.875 bits per heavy atom. The van der Waals surface area contributed by atoms with Crippen molar-refractivity contribution in [2.75, 3.05) is 39.3 Å². The summed E-state index contributed by atoms with van der Waals surface area (Å²) >= 11 is 0. The molecule has 0 amide bonds. The molecular weight excluding hydrogens is 296 g/mol. The summed E-state index contributed by atoms with van der Waals surface area (Å²) in [7, 11) is 0. The Kier molecular flexibility index (Phi) is 10.6. The van der Waals surface area contributed by atoms with Gasteiger partial charge in [0.05, 0.1) is 0 Å². The molecule has 1 saturated carbocycles. The lowest BCUT2D eigenvalue weighted by Gasteiger charge is -2.20. The Balaban J connectivity index is 1.79. The van der Waals surface area contributed by atoms with E-state index < -0.39 is 0 Å². The van der Waals surface area contributed by atoms with E-state index in [9.17, 15) is 0 Å². The van der Waals surface area contributed by atoms with Crippen LogP contribution in [0.2, 0.25) is 0 Å². The third kappa shape index (κ3) is 12.8. The second kappa shape index (κ2) is 11.9. The average molecular weight is 339 g/mol. The molecule has 4 nitrogen and oxygen atoms in total. The van der Waals surface area contributed by atoms with Gasteiger partial charge in [-0.2, -0.15) is 0 Å². The van der Waals surface area contributed by atoms with E-state index in [1.165, 1.54) is 45.2 Å². The fraction of sp³-hybridized carbons (Fsp3) is 0.900. The van der Waals surface area contributed by atoms with Gasteiger partial charge in [0.1, 0.15) is 0 Å². The first-order chi connectivity index (χ1) is 11.4. The quantitative estimate of drug-likeness (QED) is 0.347. The number of rotatable bonds is 15. The lowest BCUT2D eigenvalue weighted by atomic mass is 10.1. The minimum Gasteiger partial charge on any atom is -0.389 e. The molecule has 4 heteroatoms. The second-order valence-electron chi connectivity index (χ2n) is 8.46.